The van der Waals surface area contributed by atoms with Gasteiger partial charge < -0.3 is 14.2 Å². The van der Waals surface area contributed by atoms with Crippen LogP contribution in [0, 0.1) is 6.92 Å². The molecule has 0 unspecified atom stereocenters. The van der Waals surface area contributed by atoms with Crippen LogP contribution >= 0.6 is 0 Å². The lowest BCUT2D eigenvalue weighted by Crippen LogP contribution is -1.99. The summed E-state index contributed by atoms with van der Waals surface area (Å²) in [4.78, 5) is 13.6. The number of anilines is 1. The molecule has 2 aromatic heterocycles. The second-order valence-corrected chi connectivity index (χ2v) is 4.11. The fourth-order valence-electron chi connectivity index (χ4n) is 1.83. The average molecular weight is 244 g/mol. The van der Waals surface area contributed by atoms with Crippen LogP contribution in [-0.4, -0.2) is 4.98 Å². The third-order valence-corrected chi connectivity index (χ3v) is 2.84. The Morgan fingerprint density at radius 2 is 2.22 bits per heavy atom. The standard InChI is InChI=1S/C13H12N2O3/c1-8-4-5-17-12(8)7-14-9-2-3-11-10(6-9)15-13(16)18-11/h2-6,14H,7H2,1H3,(H,15,16). The third kappa shape index (κ3) is 1.90. The molecule has 2 heterocycles. The molecule has 18 heavy (non-hydrogen) atoms. The van der Waals surface area contributed by atoms with Crippen molar-refractivity contribution >= 4 is 16.8 Å². The summed E-state index contributed by atoms with van der Waals surface area (Å²) in [5.74, 6) is 0.458. The smallest absolute Gasteiger partial charge is 0.417 e. The average Bonchev–Trinajstić information content (AvgIpc) is 2.90. The molecular weight excluding hydrogens is 232 g/mol. The number of aryl methyl sites for hydroxylation is 1. The van der Waals surface area contributed by atoms with E-state index in [-0.39, 0.29) is 0 Å². The molecule has 1 aromatic carbocycles. The van der Waals surface area contributed by atoms with Gasteiger partial charge in [-0.1, -0.05) is 0 Å². The van der Waals surface area contributed by atoms with Gasteiger partial charge in [0, 0.05) is 5.69 Å². The second-order valence-electron chi connectivity index (χ2n) is 4.11. The van der Waals surface area contributed by atoms with Gasteiger partial charge in [-0.3, -0.25) is 4.98 Å². The Morgan fingerprint density at radius 1 is 1.33 bits per heavy atom. The largest absolute Gasteiger partial charge is 0.467 e. The summed E-state index contributed by atoms with van der Waals surface area (Å²) in [6.45, 7) is 2.60. The van der Waals surface area contributed by atoms with Crippen molar-refractivity contribution in [3.8, 4) is 0 Å². The van der Waals surface area contributed by atoms with Gasteiger partial charge in [-0.2, -0.15) is 0 Å². The van der Waals surface area contributed by atoms with Crippen molar-refractivity contribution in [2.45, 2.75) is 13.5 Å². The minimum absolute atomic E-state index is 0.441. The molecule has 0 bridgehead atoms. The molecule has 0 spiro atoms. The van der Waals surface area contributed by atoms with Gasteiger partial charge >= 0.3 is 5.76 Å². The van der Waals surface area contributed by atoms with E-state index in [1.54, 1.807) is 12.3 Å². The number of nitrogens with one attached hydrogen (secondary N) is 2. The maximum atomic E-state index is 11.0. The number of hydrogen-bond acceptors (Lipinski definition) is 4. The SMILES string of the molecule is Cc1ccoc1CNc1ccc2oc(=O)[nH]c2c1. The molecule has 3 aromatic rings. The number of rotatable bonds is 3. The number of aromatic amines is 1. The number of aromatic nitrogens is 1. The van der Waals surface area contributed by atoms with Gasteiger partial charge in [-0.15, -0.1) is 0 Å². The first kappa shape index (κ1) is 10.7. The fourth-order valence-corrected chi connectivity index (χ4v) is 1.83. The van der Waals surface area contributed by atoms with Gasteiger partial charge in [0.1, 0.15) is 5.76 Å². The van der Waals surface area contributed by atoms with Crippen molar-refractivity contribution < 1.29 is 8.83 Å². The second kappa shape index (κ2) is 4.10. The molecule has 0 aliphatic heterocycles. The molecule has 0 saturated heterocycles. The van der Waals surface area contributed by atoms with E-state index in [0.29, 0.717) is 17.6 Å². The number of oxazole rings is 1. The highest BCUT2D eigenvalue weighted by Gasteiger charge is 2.04. The highest BCUT2D eigenvalue weighted by Crippen LogP contribution is 2.17. The van der Waals surface area contributed by atoms with Crippen molar-refractivity contribution in [2.24, 2.45) is 0 Å². The number of H-pyrrole nitrogens is 1. The first-order valence-electron chi connectivity index (χ1n) is 5.62. The Morgan fingerprint density at radius 3 is 3.00 bits per heavy atom. The Bertz CT molecular complexity index is 736. The lowest BCUT2D eigenvalue weighted by molar-refractivity contribution is 0.515. The van der Waals surface area contributed by atoms with Crippen molar-refractivity contribution in [3.05, 3.63) is 52.4 Å². The summed E-state index contributed by atoms with van der Waals surface area (Å²) < 4.78 is 10.3. The van der Waals surface area contributed by atoms with Gasteiger partial charge in [-0.05, 0) is 36.8 Å². The highest BCUT2D eigenvalue weighted by molar-refractivity contribution is 5.76. The topological polar surface area (TPSA) is 71.2 Å². The van der Waals surface area contributed by atoms with Crippen LogP contribution < -0.4 is 11.1 Å². The maximum Gasteiger partial charge on any atom is 0.417 e. The molecule has 0 radical (unpaired) electrons. The summed E-state index contributed by atoms with van der Waals surface area (Å²) in [5.41, 5.74) is 3.25. The van der Waals surface area contributed by atoms with E-state index in [9.17, 15) is 4.79 Å². The summed E-state index contributed by atoms with van der Waals surface area (Å²) >= 11 is 0. The van der Waals surface area contributed by atoms with Crippen LogP contribution in [0.3, 0.4) is 0 Å². The van der Waals surface area contributed by atoms with Gasteiger partial charge in [0.2, 0.25) is 0 Å². The number of furan rings is 1. The first-order chi connectivity index (χ1) is 8.72. The Kier molecular flexibility index (Phi) is 2.44. The maximum absolute atomic E-state index is 11.0. The molecule has 0 aliphatic rings. The Balaban J connectivity index is 1.82. The van der Waals surface area contributed by atoms with Crippen LogP contribution in [-0.2, 0) is 6.54 Å². The van der Waals surface area contributed by atoms with Crippen molar-refractivity contribution in [1.29, 1.82) is 0 Å². The summed E-state index contributed by atoms with van der Waals surface area (Å²) in [5, 5.41) is 3.23. The zero-order chi connectivity index (χ0) is 12.5. The molecular formula is C13H12N2O3. The van der Waals surface area contributed by atoms with Crippen molar-refractivity contribution in [3.63, 3.8) is 0 Å². The van der Waals surface area contributed by atoms with Gasteiger partial charge in [0.25, 0.3) is 0 Å². The first-order valence-corrected chi connectivity index (χ1v) is 5.62. The molecule has 0 amide bonds. The monoisotopic (exact) mass is 244 g/mol. The van der Waals surface area contributed by atoms with Crippen LogP contribution in [0.5, 0.6) is 0 Å². The lowest BCUT2D eigenvalue weighted by atomic mass is 10.2. The Labute approximate surface area is 102 Å². The minimum Gasteiger partial charge on any atom is -0.467 e. The van der Waals surface area contributed by atoms with E-state index in [4.69, 9.17) is 8.83 Å². The Hall–Kier alpha value is -2.43. The van der Waals surface area contributed by atoms with Crippen LogP contribution in [0.2, 0.25) is 0 Å². The van der Waals surface area contributed by atoms with E-state index in [1.807, 2.05) is 25.1 Å². The van der Waals surface area contributed by atoms with Gasteiger partial charge in [0.05, 0.1) is 18.3 Å². The molecule has 92 valence electrons. The van der Waals surface area contributed by atoms with Crippen molar-refractivity contribution in [2.75, 3.05) is 5.32 Å². The van der Waals surface area contributed by atoms with E-state index < -0.39 is 5.76 Å². The fraction of sp³-hybridized carbons (Fsp3) is 0.154. The zero-order valence-corrected chi connectivity index (χ0v) is 9.82. The highest BCUT2D eigenvalue weighted by atomic mass is 16.4. The molecule has 0 saturated carbocycles. The number of fused-ring (bicyclic) bond motifs is 1. The molecule has 2 N–H and O–H groups in total. The summed E-state index contributed by atoms with van der Waals surface area (Å²) in [6, 6.07) is 7.37. The molecule has 3 rings (SSSR count). The molecule has 0 aliphatic carbocycles. The van der Waals surface area contributed by atoms with Crippen LogP contribution in [0.25, 0.3) is 11.1 Å². The summed E-state index contributed by atoms with van der Waals surface area (Å²) in [7, 11) is 0. The zero-order valence-electron chi connectivity index (χ0n) is 9.82. The predicted octanol–water partition coefficient (Wildman–Crippen LogP) is 2.63. The van der Waals surface area contributed by atoms with Gasteiger partial charge in [0.15, 0.2) is 5.58 Å². The quantitative estimate of drug-likeness (QED) is 0.743. The summed E-state index contributed by atoms with van der Waals surface area (Å²) in [6.07, 6.45) is 1.67. The predicted molar refractivity (Wildman–Crippen MR) is 67.6 cm³/mol. The van der Waals surface area contributed by atoms with E-state index in [2.05, 4.69) is 10.3 Å². The van der Waals surface area contributed by atoms with E-state index in [0.717, 1.165) is 17.0 Å². The molecule has 0 atom stereocenters. The van der Waals surface area contributed by atoms with Crippen LogP contribution in [0.15, 0.2) is 44.2 Å². The normalized spacial score (nSPS) is 10.9. The number of hydrogen-bond donors (Lipinski definition) is 2. The van der Waals surface area contributed by atoms with E-state index >= 15 is 0 Å². The van der Waals surface area contributed by atoms with Gasteiger partial charge in [-0.25, -0.2) is 4.79 Å². The third-order valence-electron chi connectivity index (χ3n) is 2.84. The molecule has 5 heteroatoms. The van der Waals surface area contributed by atoms with Crippen LogP contribution in [0.4, 0.5) is 5.69 Å². The van der Waals surface area contributed by atoms with Crippen molar-refractivity contribution in [1.82, 2.24) is 4.98 Å². The number of benzene rings is 1. The molecule has 5 nitrogen and oxygen atoms in total. The lowest BCUT2D eigenvalue weighted by Gasteiger charge is -2.04. The molecule has 0 fully saturated rings. The van der Waals surface area contributed by atoms with E-state index in [1.165, 1.54) is 0 Å². The minimum atomic E-state index is -0.441. The van der Waals surface area contributed by atoms with Crippen LogP contribution in [0.1, 0.15) is 11.3 Å².